The van der Waals surface area contributed by atoms with E-state index in [0.29, 0.717) is 13.2 Å². The molecule has 7 heteroatoms. The fourth-order valence-corrected chi connectivity index (χ4v) is 4.62. The summed E-state index contributed by atoms with van der Waals surface area (Å²) < 4.78 is 10.7. The third kappa shape index (κ3) is 12.3. The molecule has 1 rings (SSSR count). The number of ether oxygens (including phenoxy) is 2. The molecule has 1 heterocycles. The Morgan fingerprint density at radius 1 is 0.576 bits per heavy atom. The van der Waals surface area contributed by atoms with Crippen LogP contribution in [0.15, 0.2) is 0 Å². The third-order valence-electron chi connectivity index (χ3n) is 5.82. The average molecular weight is 483 g/mol. The predicted octanol–water partition coefficient (Wildman–Crippen LogP) is 7.51. The minimum atomic E-state index is -0.519. The van der Waals surface area contributed by atoms with Crippen LogP contribution in [0.3, 0.4) is 0 Å². The summed E-state index contributed by atoms with van der Waals surface area (Å²) in [6, 6.07) is 0. The lowest BCUT2D eigenvalue weighted by Crippen LogP contribution is -2.08. The van der Waals surface area contributed by atoms with Crippen LogP contribution >= 0.6 is 11.3 Å². The molecular formula is C26H46N2O4S. The highest BCUT2D eigenvalue weighted by Crippen LogP contribution is 2.34. The number of hydrogen-bond acceptors (Lipinski definition) is 7. The van der Waals surface area contributed by atoms with Crippen LogP contribution in [0.2, 0.25) is 0 Å². The van der Waals surface area contributed by atoms with Crippen molar-refractivity contribution in [1.82, 2.24) is 0 Å². The highest BCUT2D eigenvalue weighted by atomic mass is 32.1. The molecule has 0 radical (unpaired) electrons. The molecule has 0 amide bonds. The summed E-state index contributed by atoms with van der Waals surface area (Å²) in [4.78, 5) is 25.1. The number of carbonyl (C=O) groups excluding carboxylic acids is 2. The van der Waals surface area contributed by atoms with Crippen molar-refractivity contribution < 1.29 is 19.1 Å². The Hall–Kier alpha value is -1.76. The molecule has 0 spiro atoms. The average Bonchev–Trinajstić information content (AvgIpc) is 3.11. The molecule has 0 unspecified atom stereocenters. The maximum Gasteiger partial charge on any atom is 0.350 e. The number of unbranched alkanes of at least 4 members (excludes halogenated alkanes) is 14. The van der Waals surface area contributed by atoms with Crippen molar-refractivity contribution >= 4 is 34.7 Å². The monoisotopic (exact) mass is 482 g/mol. The standard InChI is InChI=1S/C26H46N2O4S/c1-3-5-7-9-11-13-15-17-19-31-25(29)23-21(27)22(28)24(33-23)26(30)32-20-18-16-14-12-10-8-6-4-2/h3-20,27-28H2,1-2H3. The zero-order chi connectivity index (χ0) is 24.3. The van der Waals surface area contributed by atoms with Crippen LogP contribution in [0, 0.1) is 0 Å². The van der Waals surface area contributed by atoms with Crippen molar-refractivity contribution in [1.29, 1.82) is 0 Å². The summed E-state index contributed by atoms with van der Waals surface area (Å²) in [5.41, 5.74) is 12.2. The first-order valence-electron chi connectivity index (χ1n) is 13.0. The molecule has 0 aliphatic carbocycles. The molecule has 0 saturated carbocycles. The summed E-state index contributed by atoms with van der Waals surface area (Å²) in [6.07, 6.45) is 18.8. The normalized spacial score (nSPS) is 11.0. The Bertz CT molecular complexity index is 621. The van der Waals surface area contributed by atoms with Crippen molar-refractivity contribution in [2.24, 2.45) is 0 Å². The first kappa shape index (κ1) is 29.3. The van der Waals surface area contributed by atoms with Crippen LogP contribution in [0.1, 0.15) is 136 Å². The maximum atomic E-state index is 12.4. The molecule has 1 aromatic heterocycles. The summed E-state index contributed by atoms with van der Waals surface area (Å²) in [7, 11) is 0. The van der Waals surface area contributed by atoms with Crippen LogP contribution in [0.5, 0.6) is 0 Å². The van der Waals surface area contributed by atoms with Gasteiger partial charge in [0.25, 0.3) is 0 Å². The number of carbonyl (C=O) groups is 2. The van der Waals surface area contributed by atoms with Crippen molar-refractivity contribution in [3.05, 3.63) is 9.75 Å². The number of esters is 2. The molecular weight excluding hydrogens is 436 g/mol. The van der Waals surface area contributed by atoms with E-state index in [0.717, 1.165) is 49.9 Å². The zero-order valence-electron chi connectivity index (χ0n) is 20.9. The van der Waals surface area contributed by atoms with Crippen LogP contribution in [0.25, 0.3) is 0 Å². The van der Waals surface area contributed by atoms with Gasteiger partial charge in [0.2, 0.25) is 0 Å². The van der Waals surface area contributed by atoms with Crippen LogP contribution in [-0.2, 0) is 9.47 Å². The van der Waals surface area contributed by atoms with Crippen LogP contribution in [-0.4, -0.2) is 25.2 Å². The summed E-state index contributed by atoms with van der Waals surface area (Å²) in [5.74, 6) is -1.04. The Morgan fingerprint density at radius 2 is 0.879 bits per heavy atom. The molecule has 0 atom stereocenters. The quantitative estimate of drug-likeness (QED) is 0.147. The first-order valence-corrected chi connectivity index (χ1v) is 13.9. The lowest BCUT2D eigenvalue weighted by Gasteiger charge is -2.04. The van der Waals surface area contributed by atoms with Gasteiger partial charge in [-0.25, -0.2) is 9.59 Å². The lowest BCUT2D eigenvalue weighted by atomic mass is 10.1. The SMILES string of the molecule is CCCCCCCCCCOC(=O)c1sc(C(=O)OCCCCCCCCCC)c(N)c1N. The molecule has 0 fully saturated rings. The predicted molar refractivity (Wildman–Crippen MR) is 139 cm³/mol. The molecule has 0 aromatic carbocycles. The largest absolute Gasteiger partial charge is 0.461 e. The summed E-state index contributed by atoms with van der Waals surface area (Å²) >= 11 is 0.962. The van der Waals surface area contributed by atoms with E-state index in [1.165, 1.54) is 64.2 Å². The summed E-state index contributed by atoms with van der Waals surface area (Å²) in [5, 5.41) is 0. The van der Waals surface area contributed by atoms with Gasteiger partial charge in [-0.3, -0.25) is 0 Å². The highest BCUT2D eigenvalue weighted by molar-refractivity contribution is 7.17. The number of thiophene rings is 1. The lowest BCUT2D eigenvalue weighted by molar-refractivity contribution is 0.0497. The van der Waals surface area contributed by atoms with Gasteiger partial charge in [-0.05, 0) is 12.8 Å². The number of hydrogen-bond donors (Lipinski definition) is 2. The van der Waals surface area contributed by atoms with Crippen molar-refractivity contribution in [2.45, 2.75) is 117 Å². The molecule has 190 valence electrons. The fraction of sp³-hybridized carbons (Fsp3) is 0.769. The van der Waals surface area contributed by atoms with E-state index >= 15 is 0 Å². The second-order valence-corrected chi connectivity index (χ2v) is 9.83. The van der Waals surface area contributed by atoms with Gasteiger partial charge in [0.05, 0.1) is 24.6 Å². The number of nitrogens with two attached hydrogens (primary N) is 2. The second-order valence-electron chi connectivity index (χ2n) is 8.81. The van der Waals surface area contributed by atoms with Gasteiger partial charge >= 0.3 is 11.9 Å². The highest BCUT2D eigenvalue weighted by Gasteiger charge is 2.25. The maximum absolute atomic E-state index is 12.4. The van der Waals surface area contributed by atoms with E-state index in [-0.39, 0.29) is 21.1 Å². The van der Waals surface area contributed by atoms with Gasteiger partial charge in [-0.1, -0.05) is 104 Å². The second kappa shape index (κ2) is 18.6. The van der Waals surface area contributed by atoms with Crippen LogP contribution in [0.4, 0.5) is 11.4 Å². The molecule has 6 nitrogen and oxygen atoms in total. The Labute approximate surface area is 204 Å². The fourth-order valence-electron chi connectivity index (χ4n) is 3.69. The summed E-state index contributed by atoms with van der Waals surface area (Å²) in [6.45, 7) is 5.13. The first-order chi connectivity index (χ1) is 16.0. The van der Waals surface area contributed by atoms with E-state index in [1.54, 1.807) is 0 Å². The van der Waals surface area contributed by atoms with Gasteiger partial charge in [-0.15, -0.1) is 11.3 Å². The molecule has 1 aromatic rings. The smallest absolute Gasteiger partial charge is 0.350 e. The van der Waals surface area contributed by atoms with Gasteiger partial charge in [0.1, 0.15) is 9.75 Å². The molecule has 0 bridgehead atoms. The minimum Gasteiger partial charge on any atom is -0.461 e. The van der Waals surface area contributed by atoms with E-state index in [9.17, 15) is 9.59 Å². The number of nitrogen functional groups attached to an aromatic ring is 2. The van der Waals surface area contributed by atoms with Gasteiger partial charge < -0.3 is 20.9 Å². The number of rotatable bonds is 20. The Kier molecular flexibility index (Phi) is 16.5. The molecule has 0 aliphatic heterocycles. The van der Waals surface area contributed by atoms with Crippen LogP contribution < -0.4 is 11.5 Å². The zero-order valence-corrected chi connectivity index (χ0v) is 21.7. The van der Waals surface area contributed by atoms with E-state index < -0.39 is 11.9 Å². The Morgan fingerprint density at radius 3 is 1.21 bits per heavy atom. The van der Waals surface area contributed by atoms with Gasteiger partial charge in [-0.2, -0.15) is 0 Å². The molecule has 0 aliphatic rings. The number of anilines is 2. The topological polar surface area (TPSA) is 105 Å². The van der Waals surface area contributed by atoms with Gasteiger partial charge in [0, 0.05) is 0 Å². The minimum absolute atomic E-state index is 0.111. The molecule has 4 N–H and O–H groups in total. The molecule has 33 heavy (non-hydrogen) atoms. The Balaban J connectivity index is 2.28. The molecule has 0 saturated heterocycles. The third-order valence-corrected chi connectivity index (χ3v) is 7.00. The van der Waals surface area contributed by atoms with Crippen molar-refractivity contribution in [3.63, 3.8) is 0 Å². The van der Waals surface area contributed by atoms with E-state index in [1.807, 2.05) is 0 Å². The van der Waals surface area contributed by atoms with E-state index in [2.05, 4.69) is 13.8 Å². The van der Waals surface area contributed by atoms with E-state index in [4.69, 9.17) is 20.9 Å². The van der Waals surface area contributed by atoms with Gasteiger partial charge in [0.15, 0.2) is 0 Å². The van der Waals surface area contributed by atoms with Crippen molar-refractivity contribution in [2.75, 3.05) is 24.7 Å². The van der Waals surface area contributed by atoms with Crippen molar-refractivity contribution in [3.8, 4) is 0 Å².